The zero-order chi connectivity index (χ0) is 6.41. The van der Waals surface area contributed by atoms with Gasteiger partial charge in [0.25, 0.3) is 0 Å². The molecule has 0 heterocycles. The predicted octanol–water partition coefficient (Wildman–Crippen LogP) is 0.0923. The molecule has 0 saturated heterocycles. The molecule has 8 heavy (non-hydrogen) atoms. The van der Waals surface area contributed by atoms with Gasteiger partial charge in [0.2, 0.25) is 0 Å². The fraction of sp³-hybridized carbons (Fsp3) is 0.800. The van der Waals surface area contributed by atoms with Gasteiger partial charge in [-0.05, 0) is 19.7 Å². The van der Waals surface area contributed by atoms with Crippen LogP contribution in [-0.2, 0) is 0 Å². The Morgan fingerprint density at radius 2 is 2.38 bits per heavy atom. The van der Waals surface area contributed by atoms with E-state index in [1.807, 2.05) is 19.1 Å². The first-order valence-electron chi connectivity index (χ1n) is 2.68. The number of nitrogens with zero attached hydrogens (tertiary/aromatic N) is 1. The summed E-state index contributed by atoms with van der Waals surface area (Å²) in [6, 6.07) is 0. The molecule has 0 bridgehead atoms. The number of nitrogens with one attached hydrogen (secondary N) is 2. The van der Waals surface area contributed by atoms with E-state index in [-0.39, 0.29) is 0 Å². The van der Waals surface area contributed by atoms with E-state index in [1.165, 1.54) is 6.21 Å². The van der Waals surface area contributed by atoms with Crippen molar-refractivity contribution in [3.8, 4) is 0 Å². The molecule has 0 aromatic heterocycles. The van der Waals surface area contributed by atoms with Gasteiger partial charge in [-0.25, -0.2) is 5.01 Å². The summed E-state index contributed by atoms with van der Waals surface area (Å²) in [6.45, 7) is 0.903. The minimum Gasteiger partial charge on any atom is -0.313 e. The third-order valence-corrected chi connectivity index (χ3v) is 0.991. The first-order chi connectivity index (χ1) is 3.81. The largest absolute Gasteiger partial charge is 0.313 e. The number of hydrogen-bond donors (Lipinski definition) is 2. The highest BCUT2D eigenvalue weighted by Crippen LogP contribution is 1.75. The van der Waals surface area contributed by atoms with Crippen LogP contribution in [0.2, 0.25) is 0 Å². The standard InChI is InChI=1S/C5H13N3/c1-7-8(2)5-3-4-6/h4,6-7H,3,5H2,1-2H3. The van der Waals surface area contributed by atoms with Gasteiger partial charge in [0.1, 0.15) is 0 Å². The maximum Gasteiger partial charge on any atom is 0.0177 e. The lowest BCUT2D eigenvalue weighted by Gasteiger charge is -2.11. The van der Waals surface area contributed by atoms with Gasteiger partial charge in [0, 0.05) is 13.6 Å². The van der Waals surface area contributed by atoms with Gasteiger partial charge in [0.05, 0.1) is 0 Å². The SMILES string of the molecule is CNN(C)CCC=N. The van der Waals surface area contributed by atoms with Crippen LogP contribution in [-0.4, -0.2) is 31.9 Å². The average Bonchev–Trinajstić information content (AvgIpc) is 1.83. The molecule has 3 heteroatoms. The summed E-state index contributed by atoms with van der Waals surface area (Å²) >= 11 is 0. The van der Waals surface area contributed by atoms with E-state index in [2.05, 4.69) is 5.43 Å². The molecular formula is C5H13N3. The summed E-state index contributed by atoms with van der Waals surface area (Å²) in [5.74, 6) is 0. The van der Waals surface area contributed by atoms with Crippen molar-refractivity contribution in [1.29, 1.82) is 5.41 Å². The highest BCUT2D eigenvalue weighted by atomic mass is 15.5. The maximum absolute atomic E-state index is 6.69. The topological polar surface area (TPSA) is 39.1 Å². The monoisotopic (exact) mass is 115 g/mol. The Labute approximate surface area is 50.2 Å². The average molecular weight is 115 g/mol. The minimum absolute atomic E-state index is 0.817. The summed E-state index contributed by atoms with van der Waals surface area (Å²) in [5.41, 5.74) is 2.93. The Balaban J connectivity index is 2.97. The van der Waals surface area contributed by atoms with Crippen molar-refractivity contribution in [3.05, 3.63) is 0 Å². The van der Waals surface area contributed by atoms with Crippen molar-refractivity contribution < 1.29 is 0 Å². The van der Waals surface area contributed by atoms with Crippen LogP contribution in [0.15, 0.2) is 0 Å². The van der Waals surface area contributed by atoms with Gasteiger partial charge in [0.15, 0.2) is 0 Å². The molecule has 0 atom stereocenters. The number of hydrogen-bond acceptors (Lipinski definition) is 3. The predicted molar refractivity (Wildman–Crippen MR) is 35.1 cm³/mol. The quantitative estimate of drug-likeness (QED) is 0.402. The molecular weight excluding hydrogens is 102 g/mol. The molecule has 0 radical (unpaired) electrons. The molecule has 0 rings (SSSR count). The highest BCUT2D eigenvalue weighted by Gasteiger charge is 1.87. The number of hydrazine groups is 1. The first kappa shape index (κ1) is 7.59. The van der Waals surface area contributed by atoms with Crippen molar-refractivity contribution in [3.63, 3.8) is 0 Å². The molecule has 0 unspecified atom stereocenters. The van der Waals surface area contributed by atoms with Crippen molar-refractivity contribution in [2.24, 2.45) is 0 Å². The van der Waals surface area contributed by atoms with Crippen molar-refractivity contribution in [2.45, 2.75) is 6.42 Å². The second kappa shape index (κ2) is 4.74. The molecule has 0 aromatic carbocycles. The summed E-state index contributed by atoms with van der Waals surface area (Å²) in [4.78, 5) is 0. The maximum atomic E-state index is 6.69. The van der Waals surface area contributed by atoms with Gasteiger partial charge in [-0.15, -0.1) is 0 Å². The molecule has 3 nitrogen and oxygen atoms in total. The molecule has 0 aromatic rings. The zero-order valence-electron chi connectivity index (χ0n) is 5.44. The second-order valence-electron chi connectivity index (χ2n) is 1.64. The van der Waals surface area contributed by atoms with E-state index >= 15 is 0 Å². The van der Waals surface area contributed by atoms with Gasteiger partial charge < -0.3 is 5.41 Å². The Bertz CT molecular complexity index is 62.7. The van der Waals surface area contributed by atoms with Crippen molar-refractivity contribution in [2.75, 3.05) is 20.6 Å². The Morgan fingerprint density at radius 3 is 2.75 bits per heavy atom. The van der Waals surface area contributed by atoms with Crippen LogP contribution in [0.1, 0.15) is 6.42 Å². The molecule has 0 saturated carbocycles. The molecule has 48 valence electrons. The summed E-state index contributed by atoms with van der Waals surface area (Å²) in [7, 11) is 3.81. The van der Waals surface area contributed by atoms with E-state index in [4.69, 9.17) is 5.41 Å². The molecule has 2 N–H and O–H groups in total. The Kier molecular flexibility index (Phi) is 4.50. The van der Waals surface area contributed by atoms with E-state index in [9.17, 15) is 0 Å². The van der Waals surface area contributed by atoms with Crippen LogP contribution in [0.25, 0.3) is 0 Å². The molecule has 0 amide bonds. The lowest BCUT2D eigenvalue weighted by molar-refractivity contribution is 0.269. The minimum atomic E-state index is 0.817. The zero-order valence-corrected chi connectivity index (χ0v) is 5.44. The Hall–Kier alpha value is -0.410. The van der Waals surface area contributed by atoms with Crippen LogP contribution in [0.5, 0.6) is 0 Å². The van der Waals surface area contributed by atoms with E-state index in [0.717, 1.165) is 13.0 Å². The second-order valence-corrected chi connectivity index (χ2v) is 1.64. The van der Waals surface area contributed by atoms with Gasteiger partial charge in [-0.3, -0.25) is 5.43 Å². The molecule has 0 aliphatic rings. The third kappa shape index (κ3) is 3.77. The summed E-state index contributed by atoms with van der Waals surface area (Å²) in [6.07, 6.45) is 2.23. The fourth-order valence-electron chi connectivity index (χ4n) is 0.370. The van der Waals surface area contributed by atoms with E-state index in [1.54, 1.807) is 0 Å². The van der Waals surface area contributed by atoms with Gasteiger partial charge in [-0.2, -0.15) is 0 Å². The van der Waals surface area contributed by atoms with Crippen LogP contribution >= 0.6 is 0 Å². The third-order valence-electron chi connectivity index (χ3n) is 0.991. The number of rotatable bonds is 4. The van der Waals surface area contributed by atoms with Crippen molar-refractivity contribution >= 4 is 6.21 Å². The molecule has 0 spiro atoms. The first-order valence-corrected chi connectivity index (χ1v) is 2.68. The highest BCUT2D eigenvalue weighted by molar-refractivity contribution is 5.52. The van der Waals surface area contributed by atoms with E-state index < -0.39 is 0 Å². The van der Waals surface area contributed by atoms with Crippen LogP contribution in [0, 0.1) is 5.41 Å². The normalized spacial score (nSPS) is 9.88. The molecule has 0 fully saturated rings. The lowest BCUT2D eigenvalue weighted by atomic mass is 10.5. The van der Waals surface area contributed by atoms with Crippen LogP contribution < -0.4 is 5.43 Å². The van der Waals surface area contributed by atoms with Gasteiger partial charge >= 0.3 is 0 Å². The summed E-state index contributed by atoms with van der Waals surface area (Å²) in [5, 5.41) is 8.63. The van der Waals surface area contributed by atoms with Crippen LogP contribution in [0.3, 0.4) is 0 Å². The van der Waals surface area contributed by atoms with E-state index in [0.29, 0.717) is 0 Å². The fourth-order valence-corrected chi connectivity index (χ4v) is 0.370. The molecule has 0 aliphatic carbocycles. The summed E-state index contributed by atoms with van der Waals surface area (Å²) < 4.78 is 0. The molecule has 0 aliphatic heterocycles. The smallest absolute Gasteiger partial charge is 0.0177 e. The van der Waals surface area contributed by atoms with Gasteiger partial charge in [-0.1, -0.05) is 0 Å². The lowest BCUT2D eigenvalue weighted by Crippen LogP contribution is -2.31. The Morgan fingerprint density at radius 1 is 1.75 bits per heavy atom. The van der Waals surface area contributed by atoms with Crippen LogP contribution in [0.4, 0.5) is 0 Å². The van der Waals surface area contributed by atoms with Crippen molar-refractivity contribution in [1.82, 2.24) is 10.4 Å².